The predicted molar refractivity (Wildman–Crippen MR) is 62.8 cm³/mol. The van der Waals surface area contributed by atoms with E-state index >= 15 is 0 Å². The van der Waals surface area contributed by atoms with Crippen molar-refractivity contribution in [1.29, 1.82) is 0 Å². The Bertz CT molecular complexity index is 433. The Morgan fingerprint density at radius 3 is 2.53 bits per heavy atom. The van der Waals surface area contributed by atoms with E-state index in [1.807, 2.05) is 0 Å². The Morgan fingerprint density at radius 2 is 1.93 bits per heavy atom. The van der Waals surface area contributed by atoms with Crippen LogP contribution >= 0.6 is 11.3 Å². The number of benzene rings is 1. The van der Waals surface area contributed by atoms with Crippen molar-refractivity contribution in [2.24, 2.45) is 0 Å². The zero-order valence-electron chi connectivity index (χ0n) is 8.46. The maximum Gasteiger partial charge on any atom is 0.123 e. The minimum Gasteiger partial charge on any atom is -0.380 e. The van der Waals surface area contributed by atoms with Crippen LogP contribution in [0, 0.1) is 12.7 Å². The van der Waals surface area contributed by atoms with Gasteiger partial charge in [0.1, 0.15) is 5.82 Å². The van der Waals surface area contributed by atoms with Crippen molar-refractivity contribution in [3.05, 3.63) is 52.0 Å². The van der Waals surface area contributed by atoms with Gasteiger partial charge in [0, 0.05) is 17.6 Å². The van der Waals surface area contributed by atoms with E-state index in [-0.39, 0.29) is 5.82 Å². The molecule has 78 valence electrons. The summed E-state index contributed by atoms with van der Waals surface area (Å²) in [6.45, 7) is 2.81. The highest BCUT2D eigenvalue weighted by molar-refractivity contribution is 7.08. The van der Waals surface area contributed by atoms with Gasteiger partial charge in [-0.15, -0.1) is 11.3 Å². The van der Waals surface area contributed by atoms with Gasteiger partial charge >= 0.3 is 0 Å². The molecule has 0 bridgehead atoms. The van der Waals surface area contributed by atoms with Crippen LogP contribution < -0.4 is 5.32 Å². The van der Waals surface area contributed by atoms with Gasteiger partial charge in [0.2, 0.25) is 0 Å². The van der Waals surface area contributed by atoms with E-state index in [1.54, 1.807) is 23.5 Å². The number of aryl methyl sites for hydroxylation is 1. The second-order valence-electron chi connectivity index (χ2n) is 3.45. The molecule has 1 aromatic heterocycles. The van der Waals surface area contributed by atoms with E-state index in [1.165, 1.54) is 17.7 Å². The van der Waals surface area contributed by atoms with Gasteiger partial charge in [0.25, 0.3) is 0 Å². The standard InChI is InChI=1S/C12H12FNS/c1-9-7-15-8-12(9)14-6-10-2-4-11(13)5-3-10/h2-5,7-8,14H,6H2,1H3. The summed E-state index contributed by atoms with van der Waals surface area (Å²) in [6.07, 6.45) is 0. The molecule has 1 aromatic carbocycles. The predicted octanol–water partition coefficient (Wildman–Crippen LogP) is 3.81. The molecule has 15 heavy (non-hydrogen) atoms. The minimum atomic E-state index is -0.189. The maximum absolute atomic E-state index is 12.6. The van der Waals surface area contributed by atoms with Crippen molar-refractivity contribution < 1.29 is 4.39 Å². The van der Waals surface area contributed by atoms with Gasteiger partial charge in [-0.05, 0) is 35.6 Å². The van der Waals surface area contributed by atoms with Gasteiger partial charge in [0.15, 0.2) is 0 Å². The van der Waals surface area contributed by atoms with E-state index in [2.05, 4.69) is 23.0 Å². The Morgan fingerprint density at radius 1 is 1.20 bits per heavy atom. The van der Waals surface area contributed by atoms with E-state index in [0.717, 1.165) is 17.8 Å². The number of rotatable bonds is 3. The third-order valence-electron chi connectivity index (χ3n) is 2.25. The Kier molecular flexibility index (Phi) is 3.02. The SMILES string of the molecule is Cc1cscc1NCc1ccc(F)cc1. The molecule has 0 aliphatic carbocycles. The van der Waals surface area contributed by atoms with Crippen molar-refractivity contribution in [1.82, 2.24) is 0 Å². The number of nitrogens with one attached hydrogen (secondary N) is 1. The largest absolute Gasteiger partial charge is 0.380 e. The van der Waals surface area contributed by atoms with Gasteiger partial charge in [-0.25, -0.2) is 4.39 Å². The number of anilines is 1. The summed E-state index contributed by atoms with van der Waals surface area (Å²) in [5, 5.41) is 7.50. The molecule has 0 aliphatic rings. The van der Waals surface area contributed by atoms with Crippen molar-refractivity contribution >= 4 is 17.0 Å². The second-order valence-corrected chi connectivity index (χ2v) is 4.19. The van der Waals surface area contributed by atoms with E-state index in [4.69, 9.17) is 0 Å². The average Bonchev–Trinajstić information content (AvgIpc) is 2.63. The second kappa shape index (κ2) is 4.45. The van der Waals surface area contributed by atoms with Crippen LogP contribution in [-0.4, -0.2) is 0 Å². The number of halogens is 1. The molecule has 2 rings (SSSR count). The third-order valence-corrected chi connectivity index (χ3v) is 3.11. The van der Waals surface area contributed by atoms with Crippen molar-refractivity contribution in [3.63, 3.8) is 0 Å². The number of hydrogen-bond donors (Lipinski definition) is 1. The smallest absolute Gasteiger partial charge is 0.123 e. The fourth-order valence-electron chi connectivity index (χ4n) is 1.34. The van der Waals surface area contributed by atoms with Crippen LogP contribution in [0.3, 0.4) is 0 Å². The molecular weight excluding hydrogens is 209 g/mol. The van der Waals surface area contributed by atoms with Gasteiger partial charge in [-0.1, -0.05) is 12.1 Å². The summed E-state index contributed by atoms with van der Waals surface area (Å²) >= 11 is 1.68. The molecule has 0 saturated heterocycles. The molecule has 1 N–H and O–H groups in total. The first-order chi connectivity index (χ1) is 7.25. The van der Waals surface area contributed by atoms with Crippen LogP contribution in [-0.2, 0) is 6.54 Å². The maximum atomic E-state index is 12.6. The van der Waals surface area contributed by atoms with Crippen molar-refractivity contribution in [3.8, 4) is 0 Å². The molecule has 0 atom stereocenters. The first kappa shape index (κ1) is 10.2. The highest BCUT2D eigenvalue weighted by atomic mass is 32.1. The number of hydrogen-bond acceptors (Lipinski definition) is 2. The van der Waals surface area contributed by atoms with Gasteiger partial charge in [-0.3, -0.25) is 0 Å². The zero-order valence-corrected chi connectivity index (χ0v) is 9.27. The lowest BCUT2D eigenvalue weighted by Gasteiger charge is -2.05. The van der Waals surface area contributed by atoms with Crippen LogP contribution in [0.1, 0.15) is 11.1 Å². The quantitative estimate of drug-likeness (QED) is 0.831. The lowest BCUT2D eigenvalue weighted by atomic mass is 10.2. The fourth-order valence-corrected chi connectivity index (χ4v) is 2.15. The molecular formula is C12H12FNS. The van der Waals surface area contributed by atoms with E-state index < -0.39 is 0 Å². The summed E-state index contributed by atoms with van der Waals surface area (Å²) in [7, 11) is 0. The number of thiophene rings is 1. The van der Waals surface area contributed by atoms with E-state index in [0.29, 0.717) is 0 Å². The lowest BCUT2D eigenvalue weighted by molar-refractivity contribution is 0.627. The highest BCUT2D eigenvalue weighted by Crippen LogP contribution is 2.20. The van der Waals surface area contributed by atoms with Crippen LogP contribution in [0.4, 0.5) is 10.1 Å². The summed E-state index contributed by atoms with van der Waals surface area (Å²) in [6, 6.07) is 6.56. The minimum absolute atomic E-state index is 0.189. The van der Waals surface area contributed by atoms with Crippen molar-refractivity contribution in [2.45, 2.75) is 13.5 Å². The van der Waals surface area contributed by atoms with Gasteiger partial charge < -0.3 is 5.32 Å². The molecule has 3 heteroatoms. The molecule has 0 aliphatic heterocycles. The molecule has 1 heterocycles. The molecule has 0 amide bonds. The van der Waals surface area contributed by atoms with Gasteiger partial charge in [0.05, 0.1) is 0 Å². The third kappa shape index (κ3) is 2.57. The normalized spacial score (nSPS) is 10.3. The van der Waals surface area contributed by atoms with E-state index in [9.17, 15) is 4.39 Å². The highest BCUT2D eigenvalue weighted by Gasteiger charge is 1.98. The lowest BCUT2D eigenvalue weighted by Crippen LogP contribution is -1.99. The Labute approximate surface area is 92.6 Å². The van der Waals surface area contributed by atoms with Crippen LogP contribution in [0.5, 0.6) is 0 Å². The molecule has 0 radical (unpaired) electrons. The fraction of sp³-hybridized carbons (Fsp3) is 0.167. The molecule has 1 nitrogen and oxygen atoms in total. The summed E-state index contributed by atoms with van der Waals surface area (Å²) < 4.78 is 12.6. The molecule has 0 spiro atoms. The Balaban J connectivity index is 1.99. The summed E-state index contributed by atoms with van der Waals surface area (Å²) in [5.41, 5.74) is 3.49. The average molecular weight is 221 g/mol. The molecule has 0 fully saturated rings. The first-order valence-electron chi connectivity index (χ1n) is 4.77. The monoisotopic (exact) mass is 221 g/mol. The summed E-state index contributed by atoms with van der Waals surface area (Å²) in [4.78, 5) is 0. The first-order valence-corrected chi connectivity index (χ1v) is 5.71. The Hall–Kier alpha value is -1.35. The molecule has 2 aromatic rings. The topological polar surface area (TPSA) is 12.0 Å². The van der Waals surface area contributed by atoms with Crippen LogP contribution in [0.15, 0.2) is 35.0 Å². The van der Waals surface area contributed by atoms with Crippen LogP contribution in [0.2, 0.25) is 0 Å². The molecule has 0 unspecified atom stereocenters. The zero-order chi connectivity index (χ0) is 10.7. The van der Waals surface area contributed by atoms with Crippen molar-refractivity contribution in [2.75, 3.05) is 5.32 Å². The van der Waals surface area contributed by atoms with Crippen LogP contribution in [0.25, 0.3) is 0 Å². The summed E-state index contributed by atoms with van der Waals surface area (Å²) in [5.74, 6) is -0.189. The molecule has 0 saturated carbocycles. The van der Waals surface area contributed by atoms with Gasteiger partial charge in [-0.2, -0.15) is 0 Å².